The highest BCUT2D eigenvalue weighted by Crippen LogP contribution is 2.44. The smallest absolute Gasteiger partial charge is 0.407 e. The zero-order valence-corrected chi connectivity index (χ0v) is 28.1. The minimum Gasteiger partial charge on any atom is -0.496 e. The standard InChI is InChI=1S/C34H41N5O8S/c1-20-16-29(46-4)21(2)22(3)31(20)48(44,45)19-38-33(35)36-15-9-14-28(32(41)42)39-30(40)17-37-34(43)47-18-27-25-12-7-5-10-23(25)24-11-6-8-13-26(24)27/h5-8,10-13,16,27-28H,9,14-15,17-19H2,1-4H3,(H,37,43)(H,39,40)(H,41,42)(H3,35,36,38)/t28-/m0/s1. The average Bonchev–Trinajstić information content (AvgIpc) is 3.38. The first-order valence-electron chi connectivity index (χ1n) is 15.4. The van der Waals surface area contributed by atoms with Crippen molar-refractivity contribution >= 4 is 33.8 Å². The third-order valence-corrected chi connectivity index (χ3v) is 9.98. The van der Waals surface area contributed by atoms with Gasteiger partial charge in [-0.2, -0.15) is 0 Å². The van der Waals surface area contributed by atoms with Crippen molar-refractivity contribution in [3.63, 3.8) is 0 Å². The van der Waals surface area contributed by atoms with E-state index < -0.39 is 46.3 Å². The Kier molecular flexibility index (Phi) is 11.7. The summed E-state index contributed by atoms with van der Waals surface area (Å²) in [5, 5.41) is 17.1. The molecule has 1 atom stereocenters. The van der Waals surface area contributed by atoms with Crippen LogP contribution in [-0.2, 0) is 24.2 Å². The van der Waals surface area contributed by atoms with E-state index in [1.165, 1.54) is 7.11 Å². The SMILES string of the molecule is COc1cc(C)c(S(=O)(=O)CN=C(N)NCCC[C@H](NC(=O)CNC(=O)OCC2c3ccccc3-c3ccccc32)C(=O)O)c(C)c1C. The lowest BCUT2D eigenvalue weighted by Crippen LogP contribution is -2.46. The number of benzene rings is 3. The zero-order chi connectivity index (χ0) is 35.0. The van der Waals surface area contributed by atoms with Crippen molar-refractivity contribution in [2.45, 2.75) is 50.5 Å². The number of rotatable bonds is 14. The first-order valence-corrected chi connectivity index (χ1v) is 17.0. The molecule has 0 saturated heterocycles. The van der Waals surface area contributed by atoms with Crippen LogP contribution in [-0.4, -0.2) is 76.2 Å². The second-order valence-corrected chi connectivity index (χ2v) is 13.4. The highest BCUT2D eigenvalue weighted by Gasteiger charge is 2.29. The second kappa shape index (κ2) is 15.7. The molecule has 1 aliphatic carbocycles. The number of hydrogen-bond donors (Lipinski definition) is 5. The minimum absolute atomic E-state index is 0.0358. The lowest BCUT2D eigenvalue weighted by Gasteiger charge is -2.16. The lowest BCUT2D eigenvalue weighted by atomic mass is 9.98. The number of guanidine groups is 1. The fraction of sp³-hybridized carbons (Fsp3) is 0.353. The largest absolute Gasteiger partial charge is 0.496 e. The van der Waals surface area contributed by atoms with Crippen LogP contribution in [0.3, 0.4) is 0 Å². The summed E-state index contributed by atoms with van der Waals surface area (Å²) in [6.07, 6.45) is -0.503. The number of carboxylic acid groups (broad SMARTS) is 1. The van der Waals surface area contributed by atoms with Crippen molar-refractivity contribution in [2.75, 3.05) is 32.7 Å². The van der Waals surface area contributed by atoms with Gasteiger partial charge in [-0.05, 0) is 78.6 Å². The first kappa shape index (κ1) is 35.7. The number of nitrogens with one attached hydrogen (secondary N) is 3. The first-order chi connectivity index (χ1) is 22.8. The van der Waals surface area contributed by atoms with Gasteiger partial charge in [0, 0.05) is 12.5 Å². The average molecular weight is 680 g/mol. The van der Waals surface area contributed by atoms with E-state index in [0.29, 0.717) is 22.4 Å². The molecule has 0 fully saturated rings. The van der Waals surface area contributed by atoms with Crippen molar-refractivity contribution in [1.82, 2.24) is 16.0 Å². The van der Waals surface area contributed by atoms with Gasteiger partial charge in [-0.1, -0.05) is 48.5 Å². The number of aliphatic carboxylic acids is 1. The Morgan fingerprint density at radius 1 is 0.979 bits per heavy atom. The number of nitrogens with two attached hydrogens (primary N) is 1. The molecule has 6 N–H and O–H groups in total. The molecular weight excluding hydrogens is 638 g/mol. The van der Waals surface area contributed by atoms with E-state index in [4.69, 9.17) is 15.2 Å². The summed E-state index contributed by atoms with van der Waals surface area (Å²) in [5.74, 6) is -2.20. The van der Waals surface area contributed by atoms with Crippen LogP contribution in [0.25, 0.3) is 11.1 Å². The van der Waals surface area contributed by atoms with E-state index in [-0.39, 0.29) is 42.8 Å². The maximum Gasteiger partial charge on any atom is 0.407 e. The van der Waals surface area contributed by atoms with Crippen LogP contribution in [0.5, 0.6) is 5.75 Å². The maximum atomic E-state index is 13.0. The predicted octanol–water partition coefficient (Wildman–Crippen LogP) is 3.14. The summed E-state index contributed by atoms with van der Waals surface area (Å²) in [5.41, 5.74) is 12.0. The Morgan fingerprint density at radius 2 is 1.60 bits per heavy atom. The predicted molar refractivity (Wildman–Crippen MR) is 181 cm³/mol. The highest BCUT2D eigenvalue weighted by atomic mass is 32.2. The fourth-order valence-corrected chi connectivity index (χ4v) is 7.42. The molecule has 13 nitrogen and oxygen atoms in total. The summed E-state index contributed by atoms with van der Waals surface area (Å²) in [6, 6.07) is 16.2. The molecule has 1 aliphatic rings. The van der Waals surface area contributed by atoms with E-state index in [2.05, 4.69) is 20.9 Å². The number of sulfone groups is 1. The van der Waals surface area contributed by atoms with E-state index in [1.807, 2.05) is 48.5 Å². The zero-order valence-electron chi connectivity index (χ0n) is 27.3. The van der Waals surface area contributed by atoms with Gasteiger partial charge in [0.2, 0.25) is 5.91 Å². The van der Waals surface area contributed by atoms with E-state index >= 15 is 0 Å². The number of alkyl carbamates (subject to hydrolysis) is 1. The molecule has 0 radical (unpaired) electrons. The lowest BCUT2D eigenvalue weighted by molar-refractivity contribution is -0.141. The number of aryl methyl sites for hydroxylation is 1. The number of aliphatic imine (C=N–C) groups is 1. The third-order valence-electron chi connectivity index (χ3n) is 8.26. The number of carbonyl (C=O) groups is 3. The van der Waals surface area contributed by atoms with Crippen LogP contribution in [0, 0.1) is 20.8 Å². The molecule has 14 heteroatoms. The summed E-state index contributed by atoms with van der Waals surface area (Å²) in [4.78, 5) is 40.7. The van der Waals surface area contributed by atoms with Gasteiger partial charge in [-0.25, -0.2) is 23.0 Å². The summed E-state index contributed by atoms with van der Waals surface area (Å²) in [7, 11) is -2.28. The van der Waals surface area contributed by atoms with E-state index in [0.717, 1.165) is 22.3 Å². The van der Waals surface area contributed by atoms with Gasteiger partial charge < -0.3 is 36.3 Å². The normalized spacial score (nSPS) is 13.2. The van der Waals surface area contributed by atoms with E-state index in [1.54, 1.807) is 26.8 Å². The van der Waals surface area contributed by atoms with Crippen molar-refractivity contribution in [1.29, 1.82) is 0 Å². The van der Waals surface area contributed by atoms with Gasteiger partial charge in [0.05, 0.1) is 12.0 Å². The van der Waals surface area contributed by atoms with Crippen LogP contribution < -0.4 is 26.4 Å². The van der Waals surface area contributed by atoms with Gasteiger partial charge in [0.1, 0.15) is 30.8 Å². The molecule has 0 saturated carbocycles. The Hall–Kier alpha value is -5.11. The summed E-state index contributed by atoms with van der Waals surface area (Å²) in [6.45, 7) is 4.94. The molecule has 48 heavy (non-hydrogen) atoms. The van der Waals surface area contributed by atoms with Crippen molar-refractivity contribution in [2.24, 2.45) is 10.7 Å². The van der Waals surface area contributed by atoms with Crippen molar-refractivity contribution in [3.8, 4) is 16.9 Å². The number of nitrogens with zero attached hydrogens (tertiary/aromatic N) is 1. The Bertz CT molecular complexity index is 1780. The number of fused-ring (bicyclic) bond motifs is 3. The Balaban J connectivity index is 1.20. The summed E-state index contributed by atoms with van der Waals surface area (Å²) >= 11 is 0. The van der Waals surface area contributed by atoms with Crippen LogP contribution in [0.1, 0.15) is 46.6 Å². The second-order valence-electron chi connectivity index (χ2n) is 11.5. The molecule has 0 heterocycles. The molecule has 0 spiro atoms. The van der Waals surface area contributed by atoms with E-state index in [9.17, 15) is 27.9 Å². The van der Waals surface area contributed by atoms with Gasteiger partial charge in [-0.15, -0.1) is 0 Å². The number of hydrogen-bond acceptors (Lipinski definition) is 8. The number of carbonyl (C=O) groups excluding carboxylic acids is 2. The number of methoxy groups -OCH3 is 1. The van der Waals surface area contributed by atoms with Gasteiger partial charge in [0.25, 0.3) is 0 Å². The Labute approximate surface area is 279 Å². The molecule has 2 amide bonds. The van der Waals surface area contributed by atoms with Gasteiger partial charge >= 0.3 is 12.1 Å². The quantitative estimate of drug-likeness (QED) is 0.0958. The van der Waals surface area contributed by atoms with Crippen molar-refractivity contribution in [3.05, 3.63) is 82.4 Å². The van der Waals surface area contributed by atoms with Gasteiger partial charge in [-0.3, -0.25) is 4.79 Å². The molecule has 0 unspecified atom stereocenters. The molecule has 3 aromatic rings. The molecule has 256 valence electrons. The molecule has 0 aromatic heterocycles. The third kappa shape index (κ3) is 8.42. The number of amides is 2. The number of carboxylic acids is 1. The molecule has 0 aliphatic heterocycles. The van der Waals surface area contributed by atoms with Crippen molar-refractivity contribution < 1.29 is 37.4 Å². The topological polar surface area (TPSA) is 199 Å². The molecule has 3 aromatic carbocycles. The fourth-order valence-electron chi connectivity index (χ4n) is 5.81. The van der Waals surface area contributed by atoms with Crippen LogP contribution in [0.4, 0.5) is 4.79 Å². The summed E-state index contributed by atoms with van der Waals surface area (Å²) < 4.78 is 36.8. The van der Waals surface area contributed by atoms with Crippen LogP contribution >= 0.6 is 0 Å². The molecule has 4 rings (SSSR count). The monoisotopic (exact) mass is 679 g/mol. The minimum atomic E-state index is -3.80. The van der Waals surface area contributed by atoms with Gasteiger partial charge in [0.15, 0.2) is 15.8 Å². The Morgan fingerprint density at radius 3 is 2.21 bits per heavy atom. The van der Waals surface area contributed by atoms with Crippen LogP contribution in [0.2, 0.25) is 0 Å². The van der Waals surface area contributed by atoms with Crippen LogP contribution in [0.15, 0.2) is 64.5 Å². The maximum absolute atomic E-state index is 13.0. The highest BCUT2D eigenvalue weighted by molar-refractivity contribution is 7.91. The number of ether oxygens (including phenoxy) is 2. The molecular formula is C34H41N5O8S. The molecule has 0 bridgehead atoms.